The highest BCUT2D eigenvalue weighted by Crippen LogP contribution is 2.27. The molecule has 0 atom stereocenters. The van der Waals surface area contributed by atoms with Crippen LogP contribution >= 0.6 is 11.6 Å². The van der Waals surface area contributed by atoms with Crippen LogP contribution in [-0.4, -0.2) is 51.7 Å². The average molecular weight is 363 g/mol. The van der Waals surface area contributed by atoms with Crippen molar-refractivity contribution in [2.24, 2.45) is 0 Å². The lowest BCUT2D eigenvalue weighted by atomic mass is 9.99. The Bertz CT molecular complexity index is 854. The number of anilines is 2. The van der Waals surface area contributed by atoms with E-state index in [9.17, 15) is 8.42 Å². The lowest BCUT2D eigenvalue weighted by Gasteiger charge is -2.35. The van der Waals surface area contributed by atoms with Crippen LogP contribution in [0.5, 0.6) is 0 Å². The van der Waals surface area contributed by atoms with Crippen LogP contribution in [0.25, 0.3) is 0 Å². The quantitative estimate of drug-likeness (QED) is 0.810. The van der Waals surface area contributed by atoms with Crippen molar-refractivity contribution in [2.45, 2.75) is 4.90 Å². The van der Waals surface area contributed by atoms with E-state index in [4.69, 9.17) is 25.2 Å². The van der Waals surface area contributed by atoms with Crippen LogP contribution < -0.4 is 16.1 Å². The summed E-state index contributed by atoms with van der Waals surface area (Å²) in [5.74, 6) is -0.0438. The largest absolute Gasteiger partial charge is 0.383 e. The van der Waals surface area contributed by atoms with Gasteiger partial charge in [0, 0.05) is 32.4 Å². The van der Waals surface area contributed by atoms with Gasteiger partial charge in [0.1, 0.15) is 18.6 Å². The number of piperazine rings is 1. The topological polar surface area (TPSA) is 79.5 Å². The number of para-hydroxylation sites is 1. The predicted molar refractivity (Wildman–Crippen MR) is 96.5 cm³/mol. The number of nitrogen functional groups attached to an aromatic ring is 1. The van der Waals surface area contributed by atoms with Crippen molar-refractivity contribution in [1.29, 1.82) is 0 Å². The Morgan fingerprint density at radius 2 is 1.83 bits per heavy atom. The molecule has 0 bridgehead atoms. The van der Waals surface area contributed by atoms with Crippen molar-refractivity contribution in [3.05, 3.63) is 41.6 Å². The fraction of sp³-hybridized carbons (Fsp3) is 0.267. The van der Waals surface area contributed by atoms with Crippen molar-refractivity contribution in [1.82, 2.24) is 9.29 Å². The summed E-state index contributed by atoms with van der Waals surface area (Å²) in [7, 11) is 1.92. The summed E-state index contributed by atoms with van der Waals surface area (Å²) in [6.45, 7) is 1.75. The van der Waals surface area contributed by atoms with Gasteiger partial charge in [0.25, 0.3) is 0 Å². The molecule has 1 aliphatic rings. The third kappa shape index (κ3) is 3.22. The van der Waals surface area contributed by atoms with Crippen LogP contribution in [0.15, 0.2) is 41.4 Å². The molecule has 1 aromatic carbocycles. The van der Waals surface area contributed by atoms with Crippen LogP contribution in [0.2, 0.25) is 5.02 Å². The minimum absolute atomic E-state index is 0.0438. The molecule has 2 radical (unpaired) electrons. The van der Waals surface area contributed by atoms with Crippen LogP contribution in [-0.2, 0) is 10.0 Å². The van der Waals surface area contributed by atoms with E-state index >= 15 is 0 Å². The monoisotopic (exact) mass is 362 g/mol. The molecule has 1 fully saturated rings. The number of aromatic nitrogens is 1. The van der Waals surface area contributed by atoms with Crippen molar-refractivity contribution in [3.8, 4) is 0 Å². The normalized spacial score (nSPS) is 16.3. The van der Waals surface area contributed by atoms with E-state index in [0.29, 0.717) is 31.2 Å². The van der Waals surface area contributed by atoms with E-state index in [2.05, 4.69) is 9.88 Å². The van der Waals surface area contributed by atoms with Crippen molar-refractivity contribution in [2.75, 3.05) is 36.8 Å². The average Bonchev–Trinajstić information content (AvgIpc) is 2.57. The SMILES string of the molecule is [B]c1cnc(N)c(S(=O)(=O)N2CCN(c3ccccc3Cl)CC2)c1. The number of halogens is 1. The van der Waals surface area contributed by atoms with Crippen LogP contribution in [0, 0.1) is 0 Å². The molecule has 2 aromatic rings. The summed E-state index contributed by atoms with van der Waals surface area (Å²) >= 11 is 6.21. The van der Waals surface area contributed by atoms with E-state index in [-0.39, 0.29) is 16.2 Å². The second-order valence-corrected chi connectivity index (χ2v) is 7.81. The molecule has 9 heteroatoms. The summed E-state index contributed by atoms with van der Waals surface area (Å²) < 4.78 is 26.9. The summed E-state index contributed by atoms with van der Waals surface area (Å²) in [5, 5.41) is 0.651. The maximum absolute atomic E-state index is 12.8. The summed E-state index contributed by atoms with van der Waals surface area (Å²) in [6, 6.07) is 8.86. The molecular formula is C15H16BClN4O2S. The number of nitrogens with two attached hydrogens (primary N) is 1. The molecule has 0 spiro atoms. The molecule has 1 aliphatic heterocycles. The summed E-state index contributed by atoms with van der Waals surface area (Å²) in [6.07, 6.45) is 1.34. The second-order valence-electron chi connectivity index (χ2n) is 5.49. The zero-order chi connectivity index (χ0) is 17.3. The molecule has 2 heterocycles. The number of rotatable bonds is 3. The maximum atomic E-state index is 12.8. The molecule has 0 aliphatic carbocycles. The zero-order valence-electron chi connectivity index (χ0n) is 12.9. The molecule has 0 saturated carbocycles. The molecule has 1 saturated heterocycles. The predicted octanol–water partition coefficient (Wildman–Crippen LogP) is 0.622. The van der Waals surface area contributed by atoms with E-state index in [0.717, 1.165) is 5.69 Å². The first-order valence-corrected chi connectivity index (χ1v) is 9.22. The van der Waals surface area contributed by atoms with Gasteiger partial charge in [0.05, 0.1) is 10.7 Å². The Hall–Kier alpha value is -1.77. The second kappa shape index (κ2) is 6.62. The summed E-state index contributed by atoms with van der Waals surface area (Å²) in [4.78, 5) is 5.85. The molecule has 0 amide bonds. The van der Waals surface area contributed by atoms with Gasteiger partial charge in [-0.3, -0.25) is 0 Å². The molecule has 1 aromatic heterocycles. The van der Waals surface area contributed by atoms with E-state index in [1.54, 1.807) is 0 Å². The smallest absolute Gasteiger partial charge is 0.246 e. The fourth-order valence-corrected chi connectivity index (χ4v) is 4.47. The molecular weight excluding hydrogens is 347 g/mol. The highest BCUT2D eigenvalue weighted by atomic mass is 35.5. The third-order valence-corrected chi connectivity index (χ3v) is 6.20. The van der Waals surface area contributed by atoms with Crippen LogP contribution in [0.1, 0.15) is 0 Å². The van der Waals surface area contributed by atoms with Gasteiger partial charge < -0.3 is 10.6 Å². The lowest BCUT2D eigenvalue weighted by Crippen LogP contribution is -2.49. The molecule has 3 rings (SSSR count). The number of sulfonamides is 1. The number of hydrogen-bond acceptors (Lipinski definition) is 5. The van der Waals surface area contributed by atoms with Gasteiger partial charge in [0.15, 0.2) is 0 Å². The van der Waals surface area contributed by atoms with Crippen molar-refractivity contribution < 1.29 is 8.42 Å². The first-order chi connectivity index (χ1) is 11.4. The Morgan fingerprint density at radius 1 is 1.17 bits per heavy atom. The Morgan fingerprint density at radius 3 is 2.50 bits per heavy atom. The maximum Gasteiger partial charge on any atom is 0.246 e. The zero-order valence-corrected chi connectivity index (χ0v) is 14.5. The van der Waals surface area contributed by atoms with Gasteiger partial charge in [-0.1, -0.05) is 29.2 Å². The lowest BCUT2D eigenvalue weighted by molar-refractivity contribution is 0.385. The fourth-order valence-electron chi connectivity index (χ4n) is 2.69. The van der Waals surface area contributed by atoms with E-state index in [1.807, 2.05) is 24.3 Å². The highest BCUT2D eigenvalue weighted by molar-refractivity contribution is 7.89. The third-order valence-electron chi connectivity index (χ3n) is 3.95. The van der Waals surface area contributed by atoms with Gasteiger partial charge in [-0.05, 0) is 18.2 Å². The minimum atomic E-state index is -3.72. The highest BCUT2D eigenvalue weighted by Gasteiger charge is 2.30. The van der Waals surface area contributed by atoms with Gasteiger partial charge in [0.2, 0.25) is 10.0 Å². The standard InChI is InChI=1S/C15H16BClN4O2S/c16-11-9-14(15(18)19-10-11)24(22,23)21-7-5-20(6-8-21)13-4-2-1-3-12(13)17/h1-4,9-10H,5-8H2,(H2,18,19). The number of hydrogen-bond donors (Lipinski definition) is 1. The molecule has 24 heavy (non-hydrogen) atoms. The van der Waals surface area contributed by atoms with Gasteiger partial charge in [-0.25, -0.2) is 13.4 Å². The molecule has 2 N–H and O–H groups in total. The number of nitrogens with zero attached hydrogens (tertiary/aromatic N) is 3. The number of benzene rings is 1. The van der Waals surface area contributed by atoms with E-state index < -0.39 is 10.0 Å². The van der Waals surface area contributed by atoms with E-state index in [1.165, 1.54) is 16.6 Å². The first-order valence-electron chi connectivity index (χ1n) is 7.40. The Labute approximate surface area is 147 Å². The van der Waals surface area contributed by atoms with Gasteiger partial charge in [-0.2, -0.15) is 4.31 Å². The molecule has 0 unspecified atom stereocenters. The Balaban J connectivity index is 1.79. The van der Waals surface area contributed by atoms with Crippen LogP contribution in [0.3, 0.4) is 0 Å². The van der Waals surface area contributed by atoms with Gasteiger partial charge >= 0.3 is 0 Å². The van der Waals surface area contributed by atoms with Gasteiger partial charge in [-0.15, -0.1) is 0 Å². The Kier molecular flexibility index (Phi) is 4.71. The van der Waals surface area contributed by atoms with Crippen molar-refractivity contribution >= 4 is 46.4 Å². The minimum Gasteiger partial charge on any atom is -0.383 e. The molecule has 124 valence electrons. The van der Waals surface area contributed by atoms with Crippen LogP contribution in [0.4, 0.5) is 11.5 Å². The van der Waals surface area contributed by atoms with Crippen molar-refractivity contribution in [3.63, 3.8) is 0 Å². The first kappa shape index (κ1) is 17.1. The number of pyridine rings is 1. The molecule has 6 nitrogen and oxygen atoms in total. The summed E-state index contributed by atoms with van der Waals surface area (Å²) in [5.41, 5.74) is 6.89.